The minimum absolute atomic E-state index is 0.0797. The first-order valence-corrected chi connectivity index (χ1v) is 9.76. The third-order valence-electron chi connectivity index (χ3n) is 5.49. The zero-order valence-corrected chi connectivity index (χ0v) is 15.6. The number of aromatic amines is 1. The predicted molar refractivity (Wildman–Crippen MR) is 111 cm³/mol. The van der Waals surface area contributed by atoms with Crippen molar-refractivity contribution in [3.05, 3.63) is 83.6 Å². The van der Waals surface area contributed by atoms with Gasteiger partial charge in [-0.25, -0.2) is 4.98 Å². The highest BCUT2D eigenvalue weighted by Crippen LogP contribution is 2.31. The number of carbonyl (C=O) groups is 1. The number of hydrogen-bond donors (Lipinski definition) is 2. The van der Waals surface area contributed by atoms with Crippen LogP contribution in [0.4, 0.5) is 5.69 Å². The second-order valence-corrected chi connectivity index (χ2v) is 7.41. The van der Waals surface area contributed by atoms with E-state index in [0.717, 1.165) is 36.2 Å². The van der Waals surface area contributed by atoms with Gasteiger partial charge in [-0.3, -0.25) is 4.79 Å². The van der Waals surface area contributed by atoms with Crippen molar-refractivity contribution in [1.29, 1.82) is 0 Å². The molecule has 2 aromatic heterocycles. The lowest BCUT2D eigenvalue weighted by Crippen LogP contribution is -2.12. The monoisotopic (exact) mass is 370 g/mol. The summed E-state index contributed by atoms with van der Waals surface area (Å²) in [5, 5.41) is 4.26. The number of para-hydroxylation sites is 1. The Kier molecular flexibility index (Phi) is 4.20. The number of aryl methyl sites for hydroxylation is 2. The molecule has 0 atom stereocenters. The second-order valence-electron chi connectivity index (χ2n) is 7.41. The average molecular weight is 370 g/mol. The molecule has 1 aliphatic carbocycles. The van der Waals surface area contributed by atoms with Crippen LogP contribution in [-0.4, -0.2) is 20.4 Å². The Morgan fingerprint density at radius 1 is 1.14 bits per heavy atom. The maximum atomic E-state index is 13.0. The molecular weight excluding hydrogens is 348 g/mol. The lowest BCUT2D eigenvalue weighted by Gasteiger charge is -2.10. The van der Waals surface area contributed by atoms with Gasteiger partial charge in [0.05, 0.1) is 17.4 Å². The summed E-state index contributed by atoms with van der Waals surface area (Å²) in [6.45, 7) is 0.725. The van der Waals surface area contributed by atoms with Gasteiger partial charge in [-0.15, -0.1) is 0 Å². The second kappa shape index (κ2) is 7.00. The van der Waals surface area contributed by atoms with E-state index in [2.05, 4.69) is 27.4 Å². The van der Waals surface area contributed by atoms with Crippen molar-refractivity contribution in [1.82, 2.24) is 14.5 Å². The molecule has 5 heteroatoms. The summed E-state index contributed by atoms with van der Waals surface area (Å²) in [5.74, 6) is -0.0797. The Balaban J connectivity index is 1.42. The standard InChI is InChI=1S/C23H22N4O/c28-23(25-17-6-3-5-16(13-17)14-27-12-11-24-15-27)20-9-4-8-19-18-7-1-2-10-21(18)26-22(19)20/h3-6,8-9,11-13,15,26H,1-2,7,10,14H2,(H,25,28). The van der Waals surface area contributed by atoms with Crippen molar-refractivity contribution in [3.8, 4) is 0 Å². The fourth-order valence-corrected chi connectivity index (χ4v) is 4.16. The molecule has 0 radical (unpaired) electrons. The van der Waals surface area contributed by atoms with Crippen molar-refractivity contribution >= 4 is 22.5 Å². The molecular formula is C23H22N4O. The van der Waals surface area contributed by atoms with E-state index in [1.165, 1.54) is 29.5 Å². The molecule has 0 saturated carbocycles. The zero-order valence-electron chi connectivity index (χ0n) is 15.6. The van der Waals surface area contributed by atoms with Crippen LogP contribution in [0.15, 0.2) is 61.2 Å². The molecule has 5 rings (SSSR count). The molecule has 0 unspecified atom stereocenters. The van der Waals surface area contributed by atoms with Gasteiger partial charge in [0.2, 0.25) is 0 Å². The van der Waals surface area contributed by atoms with Gasteiger partial charge in [0.1, 0.15) is 0 Å². The smallest absolute Gasteiger partial charge is 0.257 e. The minimum atomic E-state index is -0.0797. The maximum absolute atomic E-state index is 13.0. The van der Waals surface area contributed by atoms with E-state index in [4.69, 9.17) is 0 Å². The normalized spacial score (nSPS) is 13.4. The van der Waals surface area contributed by atoms with Gasteiger partial charge < -0.3 is 14.9 Å². The van der Waals surface area contributed by atoms with Crippen LogP contribution >= 0.6 is 0 Å². The molecule has 2 aromatic carbocycles. The van der Waals surface area contributed by atoms with Gasteiger partial charge in [-0.05, 0) is 55.0 Å². The SMILES string of the molecule is O=C(Nc1cccc(Cn2ccnc2)c1)c1cccc2c3c([nH]c12)CCCC3. The molecule has 1 aliphatic rings. The third kappa shape index (κ3) is 3.09. The quantitative estimate of drug-likeness (QED) is 0.554. The number of carbonyl (C=O) groups excluding carboxylic acids is 1. The van der Waals surface area contributed by atoms with Crippen LogP contribution < -0.4 is 5.32 Å². The Bertz CT molecular complexity index is 1140. The van der Waals surface area contributed by atoms with E-state index < -0.39 is 0 Å². The minimum Gasteiger partial charge on any atom is -0.358 e. The van der Waals surface area contributed by atoms with Crippen LogP contribution in [-0.2, 0) is 19.4 Å². The number of rotatable bonds is 4. The van der Waals surface area contributed by atoms with Crippen LogP contribution in [0.1, 0.15) is 40.0 Å². The number of fused-ring (bicyclic) bond motifs is 3. The van der Waals surface area contributed by atoms with Crippen LogP contribution in [0.3, 0.4) is 0 Å². The molecule has 0 fully saturated rings. The highest BCUT2D eigenvalue weighted by molar-refractivity contribution is 6.12. The number of benzene rings is 2. The predicted octanol–water partition coefficient (Wildman–Crippen LogP) is 4.54. The van der Waals surface area contributed by atoms with Crippen molar-refractivity contribution in [2.24, 2.45) is 0 Å². The molecule has 4 aromatic rings. The number of aromatic nitrogens is 3. The zero-order chi connectivity index (χ0) is 18.9. The first-order valence-electron chi connectivity index (χ1n) is 9.76. The van der Waals surface area contributed by atoms with Crippen LogP contribution in [0, 0.1) is 0 Å². The number of nitrogens with one attached hydrogen (secondary N) is 2. The van der Waals surface area contributed by atoms with Gasteiger partial charge in [0.25, 0.3) is 5.91 Å². The summed E-state index contributed by atoms with van der Waals surface area (Å²) >= 11 is 0. The van der Waals surface area contributed by atoms with Crippen LogP contribution in [0.25, 0.3) is 10.9 Å². The van der Waals surface area contributed by atoms with Crippen molar-refractivity contribution in [2.75, 3.05) is 5.32 Å². The summed E-state index contributed by atoms with van der Waals surface area (Å²) in [4.78, 5) is 20.6. The summed E-state index contributed by atoms with van der Waals surface area (Å²) in [7, 11) is 0. The Morgan fingerprint density at radius 3 is 2.93 bits per heavy atom. The summed E-state index contributed by atoms with van der Waals surface area (Å²) < 4.78 is 2.01. The third-order valence-corrected chi connectivity index (χ3v) is 5.49. The van der Waals surface area contributed by atoms with E-state index in [0.29, 0.717) is 5.56 Å². The van der Waals surface area contributed by atoms with E-state index in [1.54, 1.807) is 12.5 Å². The number of amides is 1. The molecule has 0 bridgehead atoms. The van der Waals surface area contributed by atoms with Crippen molar-refractivity contribution in [3.63, 3.8) is 0 Å². The molecule has 140 valence electrons. The van der Waals surface area contributed by atoms with Gasteiger partial charge >= 0.3 is 0 Å². The fraction of sp³-hybridized carbons (Fsp3) is 0.217. The van der Waals surface area contributed by atoms with E-state index in [-0.39, 0.29) is 5.91 Å². The molecule has 0 saturated heterocycles. The first-order chi connectivity index (χ1) is 13.8. The van der Waals surface area contributed by atoms with E-state index >= 15 is 0 Å². The van der Waals surface area contributed by atoms with Crippen LogP contribution in [0.2, 0.25) is 0 Å². The van der Waals surface area contributed by atoms with E-state index in [9.17, 15) is 4.79 Å². The number of hydrogen-bond acceptors (Lipinski definition) is 2. The first kappa shape index (κ1) is 16.8. The molecule has 2 heterocycles. The fourth-order valence-electron chi connectivity index (χ4n) is 4.16. The number of nitrogens with zero attached hydrogens (tertiary/aromatic N) is 2. The average Bonchev–Trinajstić information content (AvgIpc) is 3.35. The summed E-state index contributed by atoms with van der Waals surface area (Å²) in [6.07, 6.45) is 10.1. The highest BCUT2D eigenvalue weighted by atomic mass is 16.1. The molecule has 2 N–H and O–H groups in total. The summed E-state index contributed by atoms with van der Waals surface area (Å²) in [6, 6.07) is 14.0. The largest absolute Gasteiger partial charge is 0.358 e. The summed E-state index contributed by atoms with van der Waals surface area (Å²) in [5.41, 5.74) is 6.26. The van der Waals surface area contributed by atoms with Crippen LogP contribution in [0.5, 0.6) is 0 Å². The Morgan fingerprint density at radius 2 is 2.04 bits per heavy atom. The topological polar surface area (TPSA) is 62.7 Å². The molecule has 5 nitrogen and oxygen atoms in total. The molecule has 1 amide bonds. The number of H-pyrrole nitrogens is 1. The van der Waals surface area contributed by atoms with E-state index in [1.807, 2.05) is 41.1 Å². The highest BCUT2D eigenvalue weighted by Gasteiger charge is 2.19. The number of imidazole rings is 1. The molecule has 0 spiro atoms. The number of anilines is 1. The van der Waals surface area contributed by atoms with Gasteiger partial charge in [-0.1, -0.05) is 24.3 Å². The lowest BCUT2D eigenvalue weighted by atomic mass is 9.95. The van der Waals surface area contributed by atoms with Gasteiger partial charge in [0, 0.05) is 35.7 Å². The van der Waals surface area contributed by atoms with Crippen molar-refractivity contribution < 1.29 is 4.79 Å². The van der Waals surface area contributed by atoms with Crippen molar-refractivity contribution in [2.45, 2.75) is 32.2 Å². The molecule has 28 heavy (non-hydrogen) atoms. The Hall–Kier alpha value is -3.34. The molecule has 0 aliphatic heterocycles. The van der Waals surface area contributed by atoms with Gasteiger partial charge in [0.15, 0.2) is 0 Å². The Labute approximate surface area is 163 Å². The van der Waals surface area contributed by atoms with Gasteiger partial charge in [-0.2, -0.15) is 0 Å². The maximum Gasteiger partial charge on any atom is 0.257 e. The lowest BCUT2D eigenvalue weighted by molar-refractivity contribution is 0.102.